The van der Waals surface area contributed by atoms with Crippen LogP contribution in [-0.2, 0) is 6.54 Å². The van der Waals surface area contributed by atoms with Crippen molar-refractivity contribution >= 4 is 5.69 Å². The smallest absolute Gasteiger partial charge is 0.146 e. The Morgan fingerprint density at radius 3 is 2.68 bits per heavy atom. The van der Waals surface area contributed by atoms with Crippen molar-refractivity contribution in [2.24, 2.45) is 11.8 Å². The van der Waals surface area contributed by atoms with E-state index in [2.05, 4.69) is 31.0 Å². The highest BCUT2D eigenvalue weighted by Crippen LogP contribution is 2.32. The van der Waals surface area contributed by atoms with Gasteiger partial charge in [-0.1, -0.05) is 19.9 Å². The quantitative estimate of drug-likeness (QED) is 0.900. The highest BCUT2D eigenvalue weighted by molar-refractivity contribution is 5.50. The van der Waals surface area contributed by atoms with E-state index in [0.717, 1.165) is 17.8 Å². The third-order valence-corrected chi connectivity index (χ3v) is 4.30. The van der Waals surface area contributed by atoms with Crippen LogP contribution in [0.2, 0.25) is 0 Å². The van der Waals surface area contributed by atoms with Crippen molar-refractivity contribution in [2.75, 3.05) is 18.5 Å². The maximum Gasteiger partial charge on any atom is 0.146 e. The Morgan fingerprint density at radius 1 is 1.32 bits per heavy atom. The molecule has 1 aliphatic heterocycles. The molecule has 0 radical (unpaired) electrons. The van der Waals surface area contributed by atoms with Crippen LogP contribution in [0.3, 0.4) is 0 Å². The van der Waals surface area contributed by atoms with E-state index in [1.165, 1.54) is 6.42 Å². The van der Waals surface area contributed by atoms with E-state index in [0.29, 0.717) is 24.4 Å². The lowest BCUT2D eigenvalue weighted by Gasteiger charge is -2.42. The van der Waals surface area contributed by atoms with Crippen LogP contribution in [0.1, 0.15) is 32.8 Å². The molecule has 2 nitrogen and oxygen atoms in total. The summed E-state index contributed by atoms with van der Waals surface area (Å²) in [5.74, 6) is 1.14. The van der Waals surface area contributed by atoms with E-state index in [-0.39, 0.29) is 5.82 Å². The molecule has 0 saturated carbocycles. The molecule has 0 amide bonds. The summed E-state index contributed by atoms with van der Waals surface area (Å²) in [6.45, 7) is 8.38. The zero-order chi connectivity index (χ0) is 14.0. The molecule has 1 aromatic rings. The molecular weight excluding hydrogens is 239 g/mol. The normalized spacial score (nSPS) is 27.6. The molecule has 106 valence electrons. The van der Waals surface area contributed by atoms with Crippen LogP contribution in [0.15, 0.2) is 18.2 Å². The molecule has 3 unspecified atom stereocenters. The van der Waals surface area contributed by atoms with Crippen LogP contribution in [0.5, 0.6) is 0 Å². The van der Waals surface area contributed by atoms with Crippen LogP contribution >= 0.6 is 0 Å². The lowest BCUT2D eigenvalue weighted by atomic mass is 9.85. The number of hydrogen-bond donors (Lipinski definition) is 1. The average molecular weight is 264 g/mol. The standard InChI is InChI=1S/C16H25FN2/c1-11-7-12(2)13(3)19(10-11)16-6-5-14(9-18-4)8-15(16)17/h5-6,8,11-13,18H,7,9-10H2,1-4H3. The van der Waals surface area contributed by atoms with Gasteiger partial charge in [-0.05, 0) is 49.9 Å². The Labute approximate surface area is 116 Å². The minimum atomic E-state index is -0.0964. The van der Waals surface area contributed by atoms with Crippen molar-refractivity contribution in [3.05, 3.63) is 29.6 Å². The van der Waals surface area contributed by atoms with Gasteiger partial charge in [0.05, 0.1) is 5.69 Å². The molecule has 1 aliphatic rings. The van der Waals surface area contributed by atoms with Crippen molar-refractivity contribution in [1.29, 1.82) is 0 Å². The minimum Gasteiger partial charge on any atom is -0.366 e. The summed E-state index contributed by atoms with van der Waals surface area (Å²) in [7, 11) is 1.88. The third-order valence-electron chi connectivity index (χ3n) is 4.30. The molecule has 1 heterocycles. The Bertz CT molecular complexity index is 433. The maximum absolute atomic E-state index is 14.3. The molecule has 0 aliphatic carbocycles. The monoisotopic (exact) mass is 264 g/mol. The van der Waals surface area contributed by atoms with Crippen LogP contribution < -0.4 is 10.2 Å². The van der Waals surface area contributed by atoms with Gasteiger partial charge >= 0.3 is 0 Å². The molecule has 1 fully saturated rings. The summed E-state index contributed by atoms with van der Waals surface area (Å²) in [6.07, 6.45) is 1.23. The Hall–Kier alpha value is -1.09. The van der Waals surface area contributed by atoms with Gasteiger partial charge in [0.2, 0.25) is 0 Å². The topological polar surface area (TPSA) is 15.3 Å². The number of nitrogens with one attached hydrogen (secondary N) is 1. The fourth-order valence-corrected chi connectivity index (χ4v) is 3.13. The van der Waals surface area contributed by atoms with Gasteiger partial charge in [-0.25, -0.2) is 4.39 Å². The molecule has 0 aromatic heterocycles. The predicted octanol–water partition coefficient (Wildman–Crippen LogP) is 3.42. The lowest BCUT2D eigenvalue weighted by Crippen LogP contribution is -2.46. The molecule has 0 spiro atoms. The molecule has 0 bridgehead atoms. The van der Waals surface area contributed by atoms with E-state index in [1.54, 1.807) is 6.07 Å². The van der Waals surface area contributed by atoms with Crippen molar-refractivity contribution in [1.82, 2.24) is 5.32 Å². The number of rotatable bonds is 3. The highest BCUT2D eigenvalue weighted by Gasteiger charge is 2.30. The van der Waals surface area contributed by atoms with Crippen LogP contribution in [0.4, 0.5) is 10.1 Å². The van der Waals surface area contributed by atoms with Gasteiger partial charge in [-0.3, -0.25) is 0 Å². The Morgan fingerprint density at radius 2 is 2.05 bits per heavy atom. The average Bonchev–Trinajstić information content (AvgIpc) is 2.35. The summed E-state index contributed by atoms with van der Waals surface area (Å²) in [6, 6.07) is 6.01. The summed E-state index contributed by atoms with van der Waals surface area (Å²) < 4.78 is 14.3. The minimum absolute atomic E-state index is 0.0964. The molecular formula is C16H25FN2. The van der Waals surface area contributed by atoms with E-state index < -0.39 is 0 Å². The van der Waals surface area contributed by atoms with Gasteiger partial charge in [-0.15, -0.1) is 0 Å². The Balaban J connectivity index is 2.25. The first kappa shape index (κ1) is 14.3. The maximum atomic E-state index is 14.3. The van der Waals surface area contributed by atoms with Gasteiger partial charge < -0.3 is 10.2 Å². The summed E-state index contributed by atoms with van der Waals surface area (Å²) in [5, 5.41) is 3.05. The third kappa shape index (κ3) is 3.08. The molecule has 1 N–H and O–H groups in total. The predicted molar refractivity (Wildman–Crippen MR) is 78.9 cm³/mol. The second-order valence-electron chi connectivity index (χ2n) is 6.03. The molecule has 3 heteroatoms. The van der Waals surface area contributed by atoms with Crippen molar-refractivity contribution < 1.29 is 4.39 Å². The fraction of sp³-hybridized carbons (Fsp3) is 0.625. The van der Waals surface area contributed by atoms with E-state index in [9.17, 15) is 4.39 Å². The van der Waals surface area contributed by atoms with Gasteiger partial charge in [0.15, 0.2) is 0 Å². The van der Waals surface area contributed by atoms with Crippen LogP contribution in [0, 0.1) is 17.7 Å². The highest BCUT2D eigenvalue weighted by atomic mass is 19.1. The number of hydrogen-bond acceptors (Lipinski definition) is 2. The first-order valence-electron chi connectivity index (χ1n) is 7.22. The SMILES string of the molecule is CNCc1ccc(N2CC(C)CC(C)C2C)c(F)c1. The summed E-state index contributed by atoms with van der Waals surface area (Å²) >= 11 is 0. The first-order chi connectivity index (χ1) is 9.02. The molecule has 3 atom stereocenters. The fourth-order valence-electron chi connectivity index (χ4n) is 3.13. The summed E-state index contributed by atoms with van der Waals surface area (Å²) in [5.41, 5.74) is 1.75. The van der Waals surface area contributed by atoms with Crippen LogP contribution in [0.25, 0.3) is 0 Å². The second kappa shape index (κ2) is 5.91. The van der Waals surface area contributed by atoms with Crippen molar-refractivity contribution in [2.45, 2.75) is 39.8 Å². The van der Waals surface area contributed by atoms with E-state index >= 15 is 0 Å². The van der Waals surface area contributed by atoms with Crippen molar-refractivity contribution in [3.63, 3.8) is 0 Å². The van der Waals surface area contributed by atoms with Gasteiger partial charge in [0.1, 0.15) is 5.82 Å². The number of piperidine rings is 1. The zero-order valence-electron chi connectivity index (χ0n) is 12.4. The summed E-state index contributed by atoms with van der Waals surface area (Å²) in [4.78, 5) is 2.23. The Kier molecular flexibility index (Phi) is 4.46. The van der Waals surface area contributed by atoms with Gasteiger partial charge in [0.25, 0.3) is 0 Å². The van der Waals surface area contributed by atoms with E-state index in [4.69, 9.17) is 0 Å². The molecule has 1 saturated heterocycles. The molecule has 1 aromatic carbocycles. The zero-order valence-corrected chi connectivity index (χ0v) is 12.4. The second-order valence-corrected chi connectivity index (χ2v) is 6.03. The number of benzene rings is 1. The van der Waals surface area contributed by atoms with Crippen LogP contribution in [-0.4, -0.2) is 19.6 Å². The van der Waals surface area contributed by atoms with Crippen molar-refractivity contribution in [3.8, 4) is 0 Å². The lowest BCUT2D eigenvalue weighted by molar-refractivity contribution is 0.295. The number of halogens is 1. The van der Waals surface area contributed by atoms with E-state index in [1.807, 2.05) is 19.2 Å². The first-order valence-corrected chi connectivity index (χ1v) is 7.22. The molecule has 2 rings (SSSR count). The molecule has 19 heavy (non-hydrogen) atoms. The van der Waals surface area contributed by atoms with Gasteiger partial charge in [-0.2, -0.15) is 0 Å². The number of anilines is 1. The largest absolute Gasteiger partial charge is 0.366 e. The van der Waals surface area contributed by atoms with Gasteiger partial charge in [0, 0.05) is 19.1 Å². The number of nitrogens with zero attached hydrogens (tertiary/aromatic N) is 1.